The highest BCUT2D eigenvalue weighted by molar-refractivity contribution is 7.12. The summed E-state index contributed by atoms with van der Waals surface area (Å²) in [4.78, 5) is 12.7. The first-order valence-corrected chi connectivity index (χ1v) is 6.70. The maximum absolute atomic E-state index is 11.9. The summed E-state index contributed by atoms with van der Waals surface area (Å²) in [5.74, 6) is -0.0174. The number of thiophene rings is 1. The van der Waals surface area contributed by atoms with E-state index in [4.69, 9.17) is 0 Å². The molecule has 1 unspecified atom stereocenters. The van der Waals surface area contributed by atoms with Crippen LogP contribution in [0.15, 0.2) is 11.4 Å². The second-order valence-electron chi connectivity index (χ2n) is 5.33. The highest BCUT2D eigenvalue weighted by Crippen LogP contribution is 2.22. The van der Waals surface area contributed by atoms with Gasteiger partial charge in [0.15, 0.2) is 0 Å². The molecule has 3 nitrogen and oxygen atoms in total. The van der Waals surface area contributed by atoms with Crippen LogP contribution in [0.4, 0.5) is 0 Å². The molecule has 0 saturated carbocycles. The smallest absolute Gasteiger partial charge is 0.261 e. The van der Waals surface area contributed by atoms with Crippen LogP contribution in [-0.2, 0) is 0 Å². The van der Waals surface area contributed by atoms with E-state index in [-0.39, 0.29) is 17.4 Å². The molecular weight excluding hydrogens is 234 g/mol. The summed E-state index contributed by atoms with van der Waals surface area (Å²) >= 11 is 1.46. The van der Waals surface area contributed by atoms with Gasteiger partial charge < -0.3 is 10.4 Å². The van der Waals surface area contributed by atoms with E-state index in [1.54, 1.807) is 6.92 Å². The number of hydrogen-bond donors (Lipinski definition) is 2. The Bertz CT molecular complexity index is 383. The van der Waals surface area contributed by atoms with Crippen molar-refractivity contribution in [2.45, 2.75) is 40.2 Å². The zero-order chi connectivity index (χ0) is 13.1. The lowest BCUT2D eigenvalue weighted by Crippen LogP contribution is -2.35. The predicted octanol–water partition coefficient (Wildman–Crippen LogP) is 2.58. The van der Waals surface area contributed by atoms with Gasteiger partial charge in [-0.1, -0.05) is 13.8 Å². The number of rotatable bonds is 5. The normalized spacial score (nSPS) is 13.5. The minimum atomic E-state index is -0.342. The molecule has 0 aliphatic rings. The molecule has 1 rings (SSSR count). The van der Waals surface area contributed by atoms with E-state index >= 15 is 0 Å². The van der Waals surface area contributed by atoms with Gasteiger partial charge in [0.05, 0.1) is 11.0 Å². The molecule has 2 N–H and O–H groups in total. The number of amides is 1. The molecule has 1 aromatic heterocycles. The SMILES string of the molecule is Cc1ccsc1C(=O)NCC(C)(C)CC(C)O. The first-order valence-electron chi connectivity index (χ1n) is 5.82. The van der Waals surface area contributed by atoms with Gasteiger partial charge in [-0.3, -0.25) is 4.79 Å². The van der Waals surface area contributed by atoms with Gasteiger partial charge >= 0.3 is 0 Å². The van der Waals surface area contributed by atoms with Gasteiger partial charge in [0, 0.05) is 6.54 Å². The number of aliphatic hydroxyl groups is 1. The van der Waals surface area contributed by atoms with E-state index in [1.165, 1.54) is 11.3 Å². The van der Waals surface area contributed by atoms with Crippen LogP contribution in [0.5, 0.6) is 0 Å². The number of nitrogens with one attached hydrogen (secondary N) is 1. The topological polar surface area (TPSA) is 49.3 Å². The van der Waals surface area contributed by atoms with Gasteiger partial charge in [0.2, 0.25) is 0 Å². The van der Waals surface area contributed by atoms with E-state index in [1.807, 2.05) is 32.2 Å². The summed E-state index contributed by atoms with van der Waals surface area (Å²) in [7, 11) is 0. The van der Waals surface area contributed by atoms with Crippen LogP contribution in [0.1, 0.15) is 42.4 Å². The standard InChI is InChI=1S/C13H21NO2S/c1-9-5-6-17-11(9)12(16)14-8-13(3,4)7-10(2)15/h5-6,10,15H,7-8H2,1-4H3,(H,14,16). The van der Waals surface area contributed by atoms with E-state index in [0.29, 0.717) is 13.0 Å². The Morgan fingerprint density at radius 2 is 2.24 bits per heavy atom. The fraction of sp³-hybridized carbons (Fsp3) is 0.615. The zero-order valence-corrected chi connectivity index (χ0v) is 11.7. The van der Waals surface area contributed by atoms with E-state index in [0.717, 1.165) is 10.4 Å². The average molecular weight is 255 g/mol. The Kier molecular flexibility index (Phi) is 4.71. The minimum absolute atomic E-state index is 0.0174. The van der Waals surface area contributed by atoms with Crippen LogP contribution in [-0.4, -0.2) is 23.7 Å². The van der Waals surface area contributed by atoms with Crippen molar-refractivity contribution in [3.63, 3.8) is 0 Å². The Hall–Kier alpha value is -0.870. The van der Waals surface area contributed by atoms with E-state index in [9.17, 15) is 9.90 Å². The van der Waals surface area contributed by atoms with Gasteiger partial charge in [-0.05, 0) is 42.7 Å². The highest BCUT2D eigenvalue weighted by atomic mass is 32.1. The van der Waals surface area contributed by atoms with Crippen LogP contribution < -0.4 is 5.32 Å². The van der Waals surface area contributed by atoms with Crippen LogP contribution in [0.25, 0.3) is 0 Å². The summed E-state index contributed by atoms with van der Waals surface area (Å²) < 4.78 is 0. The summed E-state index contributed by atoms with van der Waals surface area (Å²) in [5.41, 5.74) is 0.926. The molecule has 0 aromatic carbocycles. The van der Waals surface area contributed by atoms with Crippen molar-refractivity contribution in [2.75, 3.05) is 6.54 Å². The molecule has 1 heterocycles. The largest absolute Gasteiger partial charge is 0.393 e. The Balaban J connectivity index is 2.51. The molecule has 0 spiro atoms. The van der Waals surface area contributed by atoms with E-state index in [2.05, 4.69) is 5.32 Å². The number of hydrogen-bond acceptors (Lipinski definition) is 3. The summed E-state index contributed by atoms with van der Waals surface area (Å²) in [6.45, 7) is 8.37. The van der Waals surface area contributed by atoms with Crippen molar-refractivity contribution < 1.29 is 9.90 Å². The molecular formula is C13H21NO2S. The fourth-order valence-corrected chi connectivity index (χ4v) is 2.72. The van der Waals surface area contributed by atoms with Crippen molar-refractivity contribution in [3.8, 4) is 0 Å². The molecule has 1 aromatic rings. The van der Waals surface area contributed by atoms with Crippen LogP contribution in [0.2, 0.25) is 0 Å². The quantitative estimate of drug-likeness (QED) is 0.849. The Morgan fingerprint density at radius 3 is 2.71 bits per heavy atom. The number of aliphatic hydroxyl groups excluding tert-OH is 1. The molecule has 17 heavy (non-hydrogen) atoms. The second-order valence-corrected chi connectivity index (χ2v) is 6.25. The number of carbonyl (C=O) groups is 1. The molecule has 1 amide bonds. The predicted molar refractivity (Wildman–Crippen MR) is 71.5 cm³/mol. The monoisotopic (exact) mass is 255 g/mol. The third-order valence-corrected chi connectivity index (χ3v) is 3.66. The van der Waals surface area contributed by atoms with Crippen LogP contribution >= 0.6 is 11.3 Å². The lowest BCUT2D eigenvalue weighted by atomic mass is 9.87. The molecule has 0 fully saturated rings. The summed E-state index contributed by atoms with van der Waals surface area (Å²) in [6.07, 6.45) is 0.335. The lowest BCUT2D eigenvalue weighted by molar-refractivity contribution is 0.0905. The highest BCUT2D eigenvalue weighted by Gasteiger charge is 2.22. The molecule has 0 aliphatic carbocycles. The molecule has 4 heteroatoms. The van der Waals surface area contributed by atoms with Crippen molar-refractivity contribution in [3.05, 3.63) is 21.9 Å². The van der Waals surface area contributed by atoms with Crippen molar-refractivity contribution >= 4 is 17.2 Å². The van der Waals surface area contributed by atoms with Crippen molar-refractivity contribution in [1.82, 2.24) is 5.32 Å². The first kappa shape index (κ1) is 14.2. The van der Waals surface area contributed by atoms with Gasteiger partial charge in [-0.25, -0.2) is 0 Å². The maximum Gasteiger partial charge on any atom is 0.261 e. The molecule has 0 radical (unpaired) electrons. The van der Waals surface area contributed by atoms with Gasteiger partial charge in [-0.2, -0.15) is 0 Å². The molecule has 1 atom stereocenters. The minimum Gasteiger partial charge on any atom is -0.393 e. The Labute approximate surface area is 107 Å². The van der Waals surface area contributed by atoms with Gasteiger partial charge in [0.25, 0.3) is 5.91 Å². The molecule has 0 bridgehead atoms. The molecule has 0 saturated heterocycles. The summed E-state index contributed by atoms with van der Waals surface area (Å²) in [6, 6.07) is 1.94. The molecule has 96 valence electrons. The van der Waals surface area contributed by atoms with Crippen LogP contribution in [0, 0.1) is 12.3 Å². The maximum atomic E-state index is 11.9. The summed E-state index contributed by atoms with van der Waals surface area (Å²) in [5, 5.41) is 14.2. The fourth-order valence-electron chi connectivity index (χ4n) is 1.88. The third-order valence-electron chi connectivity index (χ3n) is 2.64. The lowest BCUT2D eigenvalue weighted by Gasteiger charge is -2.26. The van der Waals surface area contributed by atoms with E-state index < -0.39 is 0 Å². The van der Waals surface area contributed by atoms with Gasteiger partial charge in [-0.15, -0.1) is 11.3 Å². The van der Waals surface area contributed by atoms with Gasteiger partial charge in [0.1, 0.15) is 0 Å². The zero-order valence-electron chi connectivity index (χ0n) is 10.9. The number of carbonyl (C=O) groups excluding carboxylic acids is 1. The number of aryl methyl sites for hydroxylation is 1. The Morgan fingerprint density at radius 1 is 1.59 bits per heavy atom. The van der Waals surface area contributed by atoms with Crippen molar-refractivity contribution in [1.29, 1.82) is 0 Å². The van der Waals surface area contributed by atoms with Crippen LogP contribution in [0.3, 0.4) is 0 Å². The average Bonchev–Trinajstić information content (AvgIpc) is 2.59. The second kappa shape index (κ2) is 5.65. The third kappa shape index (κ3) is 4.48. The first-order chi connectivity index (χ1) is 7.82. The molecule has 0 aliphatic heterocycles. The van der Waals surface area contributed by atoms with Crippen molar-refractivity contribution in [2.24, 2.45) is 5.41 Å².